The SMILES string of the molecule is CCOC(=O)C1C=NN(c2ccc(C)c(Cl)c2)C1=O. The van der Waals surface area contributed by atoms with Gasteiger partial charge in [-0.3, -0.25) is 9.59 Å². The third kappa shape index (κ3) is 2.61. The number of hydrazone groups is 1. The van der Waals surface area contributed by atoms with Crippen molar-refractivity contribution in [1.29, 1.82) is 0 Å². The highest BCUT2D eigenvalue weighted by molar-refractivity contribution is 6.31. The summed E-state index contributed by atoms with van der Waals surface area (Å²) in [6.07, 6.45) is 1.29. The lowest BCUT2D eigenvalue weighted by Crippen LogP contribution is -2.32. The maximum Gasteiger partial charge on any atom is 0.324 e. The van der Waals surface area contributed by atoms with E-state index >= 15 is 0 Å². The summed E-state index contributed by atoms with van der Waals surface area (Å²) in [5, 5.41) is 5.64. The first-order valence-electron chi connectivity index (χ1n) is 5.85. The molecule has 1 atom stereocenters. The first kappa shape index (κ1) is 13.5. The van der Waals surface area contributed by atoms with Crippen molar-refractivity contribution >= 4 is 35.4 Å². The number of benzene rings is 1. The predicted octanol–water partition coefficient (Wildman–Crippen LogP) is 2.16. The molecule has 1 aliphatic heterocycles. The van der Waals surface area contributed by atoms with E-state index in [1.165, 1.54) is 6.21 Å². The molecule has 1 aromatic carbocycles. The minimum absolute atomic E-state index is 0.229. The fraction of sp³-hybridized carbons (Fsp3) is 0.308. The summed E-state index contributed by atoms with van der Waals surface area (Å²) in [7, 11) is 0. The summed E-state index contributed by atoms with van der Waals surface area (Å²) >= 11 is 6.01. The first-order valence-corrected chi connectivity index (χ1v) is 6.23. The van der Waals surface area contributed by atoms with E-state index in [-0.39, 0.29) is 6.61 Å². The Labute approximate surface area is 115 Å². The molecule has 0 saturated heterocycles. The van der Waals surface area contributed by atoms with Crippen molar-refractivity contribution in [1.82, 2.24) is 0 Å². The van der Waals surface area contributed by atoms with E-state index in [0.717, 1.165) is 10.6 Å². The van der Waals surface area contributed by atoms with Crippen LogP contribution in [0.3, 0.4) is 0 Å². The molecule has 100 valence electrons. The van der Waals surface area contributed by atoms with Gasteiger partial charge in [0, 0.05) is 11.2 Å². The number of carbonyl (C=O) groups is 2. The summed E-state index contributed by atoms with van der Waals surface area (Å²) in [6, 6.07) is 5.15. The quantitative estimate of drug-likeness (QED) is 0.630. The molecule has 1 aromatic rings. The second kappa shape index (κ2) is 5.40. The number of amides is 1. The number of nitrogens with zero attached hydrogens (tertiary/aromatic N) is 2. The van der Waals surface area contributed by atoms with Crippen molar-refractivity contribution in [3.05, 3.63) is 28.8 Å². The van der Waals surface area contributed by atoms with Crippen LogP contribution in [0.15, 0.2) is 23.3 Å². The second-order valence-electron chi connectivity index (χ2n) is 4.08. The van der Waals surface area contributed by atoms with Crippen LogP contribution in [0.5, 0.6) is 0 Å². The van der Waals surface area contributed by atoms with Crippen LogP contribution in [0.2, 0.25) is 5.02 Å². The largest absolute Gasteiger partial charge is 0.465 e. The Balaban J connectivity index is 2.20. The van der Waals surface area contributed by atoms with E-state index in [1.807, 2.05) is 6.92 Å². The highest BCUT2D eigenvalue weighted by Crippen LogP contribution is 2.26. The molecule has 19 heavy (non-hydrogen) atoms. The van der Waals surface area contributed by atoms with E-state index < -0.39 is 17.8 Å². The van der Waals surface area contributed by atoms with Crippen LogP contribution in [-0.4, -0.2) is 24.7 Å². The molecule has 0 aliphatic carbocycles. The lowest BCUT2D eigenvalue weighted by Gasteiger charge is -2.14. The normalized spacial score (nSPS) is 17.9. The fourth-order valence-corrected chi connectivity index (χ4v) is 1.86. The number of anilines is 1. The zero-order valence-corrected chi connectivity index (χ0v) is 11.3. The zero-order valence-electron chi connectivity index (χ0n) is 10.6. The maximum atomic E-state index is 12.1. The molecule has 0 bridgehead atoms. The molecule has 0 radical (unpaired) electrons. The van der Waals surface area contributed by atoms with Gasteiger partial charge >= 0.3 is 5.97 Å². The highest BCUT2D eigenvalue weighted by Gasteiger charge is 2.36. The average molecular weight is 281 g/mol. The molecular formula is C13H13ClN2O3. The number of aryl methyl sites for hydroxylation is 1. The molecule has 1 amide bonds. The summed E-state index contributed by atoms with van der Waals surface area (Å²) in [6.45, 7) is 3.78. The molecule has 1 heterocycles. The first-order chi connectivity index (χ1) is 9.04. The van der Waals surface area contributed by atoms with Crippen LogP contribution in [-0.2, 0) is 14.3 Å². The Morgan fingerprint density at radius 2 is 2.26 bits per heavy atom. The van der Waals surface area contributed by atoms with Crippen molar-refractivity contribution < 1.29 is 14.3 Å². The molecule has 1 aliphatic rings. The Hall–Kier alpha value is -1.88. The van der Waals surface area contributed by atoms with Crippen molar-refractivity contribution in [2.45, 2.75) is 13.8 Å². The van der Waals surface area contributed by atoms with Gasteiger partial charge in [-0.25, -0.2) is 0 Å². The number of esters is 1. The van der Waals surface area contributed by atoms with Crippen LogP contribution in [0.25, 0.3) is 0 Å². The number of hydrogen-bond donors (Lipinski definition) is 0. The average Bonchev–Trinajstić information content (AvgIpc) is 2.75. The summed E-state index contributed by atoms with van der Waals surface area (Å²) in [5.74, 6) is -1.99. The Morgan fingerprint density at radius 3 is 2.89 bits per heavy atom. The van der Waals surface area contributed by atoms with Gasteiger partial charge in [0.2, 0.25) is 0 Å². The summed E-state index contributed by atoms with van der Waals surface area (Å²) < 4.78 is 4.82. The Bertz CT molecular complexity index is 557. The summed E-state index contributed by atoms with van der Waals surface area (Å²) in [5.41, 5.74) is 1.44. The molecule has 5 nitrogen and oxygen atoms in total. The standard InChI is InChI=1S/C13H13ClN2O3/c1-3-19-13(18)10-7-15-16(12(10)17)9-5-4-8(2)11(14)6-9/h4-7,10H,3H2,1-2H3. The monoisotopic (exact) mass is 280 g/mol. The van der Waals surface area contributed by atoms with E-state index in [2.05, 4.69) is 5.10 Å². The van der Waals surface area contributed by atoms with Crippen LogP contribution < -0.4 is 5.01 Å². The van der Waals surface area contributed by atoms with Gasteiger partial charge in [0.25, 0.3) is 5.91 Å². The minimum atomic E-state index is -0.972. The van der Waals surface area contributed by atoms with E-state index in [9.17, 15) is 9.59 Å². The van der Waals surface area contributed by atoms with E-state index in [4.69, 9.17) is 16.3 Å². The van der Waals surface area contributed by atoms with Gasteiger partial charge in [0.1, 0.15) is 0 Å². The number of halogens is 1. The molecule has 6 heteroatoms. The topological polar surface area (TPSA) is 59.0 Å². The second-order valence-corrected chi connectivity index (χ2v) is 4.48. The van der Waals surface area contributed by atoms with Crippen LogP contribution in [0.1, 0.15) is 12.5 Å². The third-order valence-corrected chi connectivity index (χ3v) is 3.15. The molecule has 2 rings (SSSR count). The van der Waals surface area contributed by atoms with E-state index in [1.54, 1.807) is 25.1 Å². The van der Waals surface area contributed by atoms with Crippen LogP contribution in [0.4, 0.5) is 5.69 Å². The highest BCUT2D eigenvalue weighted by atomic mass is 35.5. The van der Waals surface area contributed by atoms with Gasteiger partial charge in [0.15, 0.2) is 5.92 Å². The van der Waals surface area contributed by atoms with Crippen molar-refractivity contribution in [2.75, 3.05) is 11.6 Å². The Morgan fingerprint density at radius 1 is 1.53 bits per heavy atom. The maximum absolute atomic E-state index is 12.1. The molecule has 0 fully saturated rings. The lowest BCUT2D eigenvalue weighted by molar-refractivity contribution is -0.147. The van der Waals surface area contributed by atoms with Gasteiger partial charge in [-0.2, -0.15) is 10.1 Å². The van der Waals surface area contributed by atoms with Gasteiger partial charge in [-0.05, 0) is 31.5 Å². The van der Waals surface area contributed by atoms with Crippen molar-refractivity contribution in [3.63, 3.8) is 0 Å². The molecule has 0 aromatic heterocycles. The lowest BCUT2D eigenvalue weighted by atomic mass is 10.1. The minimum Gasteiger partial charge on any atom is -0.465 e. The number of rotatable bonds is 3. The molecule has 0 N–H and O–H groups in total. The van der Waals surface area contributed by atoms with Gasteiger partial charge < -0.3 is 4.74 Å². The summed E-state index contributed by atoms with van der Waals surface area (Å²) in [4.78, 5) is 23.6. The van der Waals surface area contributed by atoms with Gasteiger partial charge in [-0.15, -0.1) is 0 Å². The van der Waals surface area contributed by atoms with Gasteiger partial charge in [0.05, 0.1) is 12.3 Å². The van der Waals surface area contributed by atoms with Gasteiger partial charge in [-0.1, -0.05) is 17.7 Å². The van der Waals surface area contributed by atoms with Crippen molar-refractivity contribution in [2.24, 2.45) is 11.0 Å². The smallest absolute Gasteiger partial charge is 0.324 e. The van der Waals surface area contributed by atoms with Crippen LogP contribution in [0, 0.1) is 12.8 Å². The number of ether oxygens (including phenoxy) is 1. The fourth-order valence-electron chi connectivity index (χ4n) is 1.69. The van der Waals surface area contributed by atoms with Crippen LogP contribution >= 0.6 is 11.6 Å². The molecular weight excluding hydrogens is 268 g/mol. The number of hydrogen-bond acceptors (Lipinski definition) is 4. The molecule has 0 spiro atoms. The Kier molecular flexibility index (Phi) is 3.85. The predicted molar refractivity (Wildman–Crippen MR) is 72.3 cm³/mol. The van der Waals surface area contributed by atoms with E-state index in [0.29, 0.717) is 10.7 Å². The third-order valence-electron chi connectivity index (χ3n) is 2.75. The molecule has 0 saturated carbocycles. The molecule has 1 unspecified atom stereocenters. The van der Waals surface area contributed by atoms with Crippen molar-refractivity contribution in [3.8, 4) is 0 Å². The number of carbonyl (C=O) groups excluding carboxylic acids is 2. The zero-order chi connectivity index (χ0) is 14.0.